The quantitative estimate of drug-likeness (QED) is 0.226. The maximum Gasteiger partial charge on any atom is 0.329 e. The molecule has 0 aromatic heterocycles. The van der Waals surface area contributed by atoms with Crippen LogP contribution < -0.4 is 9.64 Å². The summed E-state index contributed by atoms with van der Waals surface area (Å²) in [5.74, 6) is -1.06. The molecular weight excluding hydrogens is 612 g/mol. The van der Waals surface area contributed by atoms with Crippen LogP contribution in [-0.4, -0.2) is 37.6 Å². The summed E-state index contributed by atoms with van der Waals surface area (Å²) < 4.78 is 12.4. The number of carbonyl (C=O) groups excluding carboxylic acids is 2. The monoisotopic (exact) mass is 634 g/mol. The average Bonchev–Trinajstić information content (AvgIpc) is 3.25. The number of hydrogen-bond acceptors (Lipinski definition) is 6. The number of esters is 1. The molecule has 0 N–H and O–H groups in total. The van der Waals surface area contributed by atoms with Crippen molar-refractivity contribution < 1.29 is 19.1 Å². The van der Waals surface area contributed by atoms with Crippen LogP contribution >= 0.6 is 31.9 Å². The summed E-state index contributed by atoms with van der Waals surface area (Å²) >= 11 is 6.97. The number of ketones is 1. The van der Waals surface area contributed by atoms with Crippen LogP contribution in [0.15, 0.2) is 81.8 Å². The SMILES string of the molecule is CCOC(=O)[C@]1(C#N)[C@H](c2ccc(Br)cc2)[C@@H](C(=O)c2ccc(OC)c(Br)c2)N2c3ccccc3C=C[C@@H]21. The Morgan fingerprint density at radius 2 is 1.82 bits per heavy atom. The van der Waals surface area contributed by atoms with Gasteiger partial charge in [0, 0.05) is 21.6 Å². The van der Waals surface area contributed by atoms with E-state index in [2.05, 4.69) is 37.9 Å². The second kappa shape index (κ2) is 10.4. The molecule has 0 amide bonds. The number of halogens is 2. The molecule has 6 nitrogen and oxygen atoms in total. The van der Waals surface area contributed by atoms with Crippen LogP contribution in [-0.2, 0) is 9.53 Å². The van der Waals surface area contributed by atoms with Gasteiger partial charge in [0.05, 0.1) is 30.3 Å². The minimum Gasteiger partial charge on any atom is -0.496 e. The number of ether oxygens (including phenoxy) is 2. The van der Waals surface area contributed by atoms with Crippen LogP contribution in [0, 0.1) is 16.7 Å². The molecule has 2 aliphatic heterocycles. The van der Waals surface area contributed by atoms with Gasteiger partial charge in [-0.25, -0.2) is 0 Å². The number of methoxy groups -OCH3 is 1. The third kappa shape index (κ3) is 4.05. The Morgan fingerprint density at radius 3 is 2.47 bits per heavy atom. The van der Waals surface area contributed by atoms with Crippen LogP contribution in [0.1, 0.15) is 34.3 Å². The van der Waals surface area contributed by atoms with Crippen molar-refractivity contribution in [2.75, 3.05) is 18.6 Å². The predicted octanol–water partition coefficient (Wildman–Crippen LogP) is 6.54. The van der Waals surface area contributed by atoms with Gasteiger partial charge in [-0.2, -0.15) is 5.26 Å². The van der Waals surface area contributed by atoms with Crippen LogP contribution in [0.4, 0.5) is 5.69 Å². The molecule has 4 atom stereocenters. The van der Waals surface area contributed by atoms with Crippen LogP contribution in [0.5, 0.6) is 5.75 Å². The number of Topliss-reactive ketones (excluding diaryl/α,β-unsaturated/α-hetero) is 1. The van der Waals surface area contributed by atoms with E-state index in [0.717, 1.165) is 15.7 Å². The highest BCUT2D eigenvalue weighted by atomic mass is 79.9. The highest BCUT2D eigenvalue weighted by molar-refractivity contribution is 9.10. The molecule has 0 unspecified atom stereocenters. The Labute approximate surface area is 238 Å². The summed E-state index contributed by atoms with van der Waals surface area (Å²) in [7, 11) is 1.56. The number of hydrogen-bond donors (Lipinski definition) is 0. The lowest BCUT2D eigenvalue weighted by molar-refractivity contribution is -0.152. The number of anilines is 1. The molecule has 3 aromatic rings. The second-order valence-electron chi connectivity index (χ2n) is 9.16. The first-order valence-corrected chi connectivity index (χ1v) is 13.7. The summed E-state index contributed by atoms with van der Waals surface area (Å²) in [5.41, 5.74) is 1.17. The number of benzene rings is 3. The number of rotatable bonds is 6. The Kier molecular flexibility index (Phi) is 7.17. The van der Waals surface area contributed by atoms with Gasteiger partial charge in [0.2, 0.25) is 0 Å². The van der Waals surface area contributed by atoms with Gasteiger partial charge in [-0.05, 0) is 70.4 Å². The fourth-order valence-electron chi connectivity index (χ4n) is 5.65. The van der Waals surface area contributed by atoms with Gasteiger partial charge in [-0.1, -0.05) is 58.4 Å². The normalized spacial score (nSPS) is 23.2. The summed E-state index contributed by atoms with van der Waals surface area (Å²) in [5, 5.41) is 10.8. The van der Waals surface area contributed by atoms with Gasteiger partial charge >= 0.3 is 5.97 Å². The van der Waals surface area contributed by atoms with Crippen molar-refractivity contribution in [2.24, 2.45) is 5.41 Å². The largest absolute Gasteiger partial charge is 0.496 e. The van der Waals surface area contributed by atoms with Gasteiger partial charge in [0.25, 0.3) is 0 Å². The molecule has 8 heteroatoms. The smallest absolute Gasteiger partial charge is 0.329 e. The lowest BCUT2D eigenvalue weighted by Crippen LogP contribution is -2.47. The molecular formula is C30H24Br2N2O4. The van der Waals surface area contributed by atoms with E-state index in [9.17, 15) is 14.9 Å². The molecule has 0 radical (unpaired) electrons. The molecule has 0 bridgehead atoms. The lowest BCUT2D eigenvalue weighted by atomic mass is 9.68. The minimum atomic E-state index is -1.67. The first-order chi connectivity index (χ1) is 18.4. The first kappa shape index (κ1) is 26.2. The molecule has 192 valence electrons. The van der Waals surface area contributed by atoms with E-state index in [0.29, 0.717) is 21.3 Å². The molecule has 2 aliphatic rings. The molecule has 1 saturated heterocycles. The van der Waals surface area contributed by atoms with Gasteiger partial charge in [-0.15, -0.1) is 0 Å². The number of carbonyl (C=O) groups is 2. The molecule has 0 saturated carbocycles. The Morgan fingerprint density at radius 1 is 1.08 bits per heavy atom. The standard InChI is InChI=1S/C30H24Br2N2O4/c1-3-38-29(36)30(17-33)25-15-11-18-6-4-5-7-23(18)34(25)27(26(30)19-8-12-21(31)13-9-19)28(35)20-10-14-24(37-2)22(32)16-20/h4-16,25-27H,3H2,1-2H3/t25-,26-,27+,30+/m1/s1. The van der Waals surface area contributed by atoms with E-state index in [1.54, 1.807) is 32.2 Å². The molecule has 0 spiro atoms. The second-order valence-corrected chi connectivity index (χ2v) is 10.9. The fourth-order valence-corrected chi connectivity index (χ4v) is 6.46. The Bertz CT molecular complexity index is 1480. The van der Waals surface area contributed by atoms with Crippen molar-refractivity contribution in [1.29, 1.82) is 5.26 Å². The summed E-state index contributed by atoms with van der Waals surface area (Å²) in [4.78, 5) is 30.2. The number of nitriles is 1. The predicted molar refractivity (Wildman–Crippen MR) is 152 cm³/mol. The molecule has 5 rings (SSSR count). The lowest BCUT2D eigenvalue weighted by Gasteiger charge is -2.36. The average molecular weight is 636 g/mol. The fraction of sp³-hybridized carbons (Fsp3) is 0.233. The summed E-state index contributed by atoms with van der Waals surface area (Å²) in [6.07, 6.45) is 3.77. The topological polar surface area (TPSA) is 79.6 Å². The third-order valence-corrected chi connectivity index (χ3v) is 8.43. The number of nitrogens with zero attached hydrogens (tertiary/aromatic N) is 2. The van der Waals surface area contributed by atoms with Crippen molar-refractivity contribution >= 4 is 55.4 Å². The van der Waals surface area contributed by atoms with Crippen LogP contribution in [0.2, 0.25) is 0 Å². The zero-order valence-electron chi connectivity index (χ0n) is 20.7. The third-order valence-electron chi connectivity index (χ3n) is 7.28. The van der Waals surface area contributed by atoms with E-state index in [1.165, 1.54) is 0 Å². The van der Waals surface area contributed by atoms with Crippen LogP contribution in [0.25, 0.3) is 6.08 Å². The van der Waals surface area contributed by atoms with Gasteiger partial charge in [-0.3, -0.25) is 9.59 Å². The van der Waals surface area contributed by atoms with Gasteiger partial charge in [0.1, 0.15) is 11.8 Å². The van der Waals surface area contributed by atoms with Crippen molar-refractivity contribution in [2.45, 2.75) is 24.9 Å². The highest BCUT2D eigenvalue weighted by Gasteiger charge is 2.67. The molecule has 3 aromatic carbocycles. The van der Waals surface area contributed by atoms with E-state index in [1.807, 2.05) is 65.6 Å². The first-order valence-electron chi connectivity index (χ1n) is 12.1. The van der Waals surface area contributed by atoms with Crippen molar-refractivity contribution in [3.63, 3.8) is 0 Å². The number of para-hydroxylation sites is 1. The molecule has 2 heterocycles. The summed E-state index contributed by atoms with van der Waals surface area (Å²) in [6.45, 7) is 1.83. The maximum atomic E-state index is 14.5. The molecule has 1 fully saturated rings. The van der Waals surface area contributed by atoms with Gasteiger partial charge in [0.15, 0.2) is 11.2 Å². The van der Waals surface area contributed by atoms with Crippen molar-refractivity contribution in [1.82, 2.24) is 0 Å². The van der Waals surface area contributed by atoms with E-state index in [-0.39, 0.29) is 12.4 Å². The van der Waals surface area contributed by atoms with E-state index in [4.69, 9.17) is 9.47 Å². The zero-order chi connectivity index (χ0) is 27.0. The Hall–Kier alpha value is -3.41. The van der Waals surface area contributed by atoms with Gasteiger partial charge < -0.3 is 14.4 Å². The molecule has 0 aliphatic carbocycles. The van der Waals surface area contributed by atoms with Crippen molar-refractivity contribution in [3.8, 4) is 11.8 Å². The van der Waals surface area contributed by atoms with Crippen LogP contribution in [0.3, 0.4) is 0 Å². The summed E-state index contributed by atoms with van der Waals surface area (Å²) in [6, 6.07) is 21.1. The molecule has 38 heavy (non-hydrogen) atoms. The number of fused-ring (bicyclic) bond motifs is 3. The maximum absolute atomic E-state index is 14.5. The van der Waals surface area contributed by atoms with E-state index < -0.39 is 29.4 Å². The van der Waals surface area contributed by atoms with E-state index >= 15 is 0 Å². The zero-order valence-corrected chi connectivity index (χ0v) is 23.9. The van der Waals surface area contributed by atoms with Crippen molar-refractivity contribution in [3.05, 3.63) is 98.4 Å². The minimum absolute atomic E-state index is 0.117. The Balaban J connectivity index is 1.79. The highest BCUT2D eigenvalue weighted by Crippen LogP contribution is 2.56.